The Hall–Kier alpha value is -3.95. The topological polar surface area (TPSA) is 97.3 Å². The second-order valence-corrected chi connectivity index (χ2v) is 10.1. The van der Waals surface area contributed by atoms with Crippen LogP contribution in [0.15, 0.2) is 95.4 Å². The molecule has 1 N–H and O–H groups in total. The minimum Gasteiger partial charge on any atom is -0.493 e. The lowest BCUT2D eigenvalue weighted by Crippen LogP contribution is -2.40. The van der Waals surface area contributed by atoms with Crippen molar-refractivity contribution in [3.8, 4) is 11.5 Å². The SMILES string of the molecule is C=CCOc1ccc(/C=N\NC(=O)CN(CCc2ccccc2)S(=O)(=O)c2ccc(C)cc2)cc1OC. The Morgan fingerprint density at radius 3 is 2.46 bits per heavy atom. The highest BCUT2D eigenvalue weighted by Crippen LogP contribution is 2.27. The number of rotatable bonds is 13. The van der Waals surface area contributed by atoms with E-state index in [1.807, 2.05) is 37.3 Å². The highest BCUT2D eigenvalue weighted by molar-refractivity contribution is 7.89. The molecule has 0 atom stereocenters. The standard InChI is InChI=1S/C28H31N3O5S/c1-4-18-36-26-15-12-24(19-27(26)35-3)20-29-30-28(32)21-31(17-16-23-8-6-5-7-9-23)37(33,34)25-13-10-22(2)11-14-25/h4-15,19-20H,1,16-18,21H2,2-3H3,(H,30,32)/b29-20-. The van der Waals surface area contributed by atoms with Crippen molar-refractivity contribution in [2.75, 3.05) is 26.8 Å². The number of ether oxygens (including phenoxy) is 2. The quantitative estimate of drug-likeness (QED) is 0.209. The Balaban J connectivity index is 1.71. The van der Waals surface area contributed by atoms with E-state index in [0.29, 0.717) is 30.1 Å². The zero-order valence-corrected chi connectivity index (χ0v) is 21.8. The van der Waals surface area contributed by atoms with Crippen LogP contribution < -0.4 is 14.9 Å². The first-order valence-electron chi connectivity index (χ1n) is 11.7. The highest BCUT2D eigenvalue weighted by atomic mass is 32.2. The number of hydrogen-bond acceptors (Lipinski definition) is 6. The van der Waals surface area contributed by atoms with E-state index < -0.39 is 15.9 Å². The lowest BCUT2D eigenvalue weighted by Gasteiger charge is -2.21. The largest absolute Gasteiger partial charge is 0.493 e. The van der Waals surface area contributed by atoms with E-state index >= 15 is 0 Å². The summed E-state index contributed by atoms with van der Waals surface area (Å²) in [5.74, 6) is 0.505. The van der Waals surface area contributed by atoms with Crippen molar-refractivity contribution >= 4 is 22.1 Å². The van der Waals surface area contributed by atoms with E-state index in [9.17, 15) is 13.2 Å². The molecule has 1 amide bonds. The number of benzene rings is 3. The van der Waals surface area contributed by atoms with Gasteiger partial charge in [0.05, 0.1) is 24.8 Å². The van der Waals surface area contributed by atoms with Gasteiger partial charge >= 0.3 is 0 Å². The van der Waals surface area contributed by atoms with E-state index in [2.05, 4.69) is 17.1 Å². The third-order valence-electron chi connectivity index (χ3n) is 5.42. The Bertz CT molecular complexity index is 1320. The average Bonchev–Trinajstić information content (AvgIpc) is 2.90. The van der Waals surface area contributed by atoms with Crippen LogP contribution in [-0.4, -0.2) is 51.7 Å². The molecular weight excluding hydrogens is 490 g/mol. The molecule has 0 aliphatic carbocycles. The smallest absolute Gasteiger partial charge is 0.255 e. The van der Waals surface area contributed by atoms with Gasteiger partial charge in [-0.05, 0) is 54.8 Å². The number of aryl methyl sites for hydroxylation is 1. The molecule has 0 radical (unpaired) electrons. The Kier molecular flexibility index (Phi) is 10.00. The van der Waals surface area contributed by atoms with E-state index in [1.165, 1.54) is 17.6 Å². The van der Waals surface area contributed by atoms with Crippen LogP contribution in [0.25, 0.3) is 0 Å². The fraction of sp³-hybridized carbons (Fsp3) is 0.214. The Labute approximate surface area is 218 Å². The molecule has 3 rings (SSSR count). The Morgan fingerprint density at radius 2 is 1.78 bits per heavy atom. The first-order chi connectivity index (χ1) is 17.8. The van der Waals surface area contributed by atoms with Crippen LogP contribution in [0.1, 0.15) is 16.7 Å². The summed E-state index contributed by atoms with van der Waals surface area (Å²) in [6.45, 7) is 5.60. The van der Waals surface area contributed by atoms with Crippen LogP contribution >= 0.6 is 0 Å². The van der Waals surface area contributed by atoms with Crippen molar-refractivity contribution in [1.82, 2.24) is 9.73 Å². The molecule has 8 nitrogen and oxygen atoms in total. The zero-order chi connectivity index (χ0) is 26.7. The maximum absolute atomic E-state index is 13.3. The lowest BCUT2D eigenvalue weighted by molar-refractivity contribution is -0.121. The highest BCUT2D eigenvalue weighted by Gasteiger charge is 2.26. The number of amides is 1. The number of carbonyl (C=O) groups excluding carboxylic acids is 1. The maximum Gasteiger partial charge on any atom is 0.255 e. The van der Waals surface area contributed by atoms with Gasteiger partial charge in [-0.1, -0.05) is 60.7 Å². The third-order valence-corrected chi connectivity index (χ3v) is 7.28. The van der Waals surface area contributed by atoms with Crippen molar-refractivity contribution < 1.29 is 22.7 Å². The van der Waals surface area contributed by atoms with E-state index in [1.54, 1.807) is 48.5 Å². The molecule has 0 saturated heterocycles. The molecule has 0 saturated carbocycles. The van der Waals surface area contributed by atoms with E-state index in [-0.39, 0.29) is 18.0 Å². The van der Waals surface area contributed by atoms with Crippen LogP contribution in [0, 0.1) is 6.92 Å². The van der Waals surface area contributed by atoms with Gasteiger partial charge in [0, 0.05) is 6.54 Å². The predicted octanol–water partition coefficient (Wildman–Crippen LogP) is 3.95. The molecule has 0 unspecified atom stereocenters. The molecular formula is C28H31N3O5S. The molecule has 3 aromatic carbocycles. The maximum atomic E-state index is 13.3. The summed E-state index contributed by atoms with van der Waals surface area (Å²) in [7, 11) is -2.37. The Morgan fingerprint density at radius 1 is 1.05 bits per heavy atom. The normalized spacial score (nSPS) is 11.4. The number of sulfonamides is 1. The molecule has 194 valence electrons. The number of nitrogens with one attached hydrogen (secondary N) is 1. The van der Waals surface area contributed by atoms with Crippen molar-refractivity contribution in [2.45, 2.75) is 18.2 Å². The molecule has 0 aromatic heterocycles. The van der Waals surface area contributed by atoms with Crippen molar-refractivity contribution in [3.63, 3.8) is 0 Å². The summed E-state index contributed by atoms with van der Waals surface area (Å²) in [5, 5.41) is 3.99. The predicted molar refractivity (Wildman–Crippen MR) is 145 cm³/mol. The van der Waals surface area contributed by atoms with Gasteiger partial charge in [0.1, 0.15) is 6.61 Å². The number of hydrazone groups is 1. The molecule has 3 aromatic rings. The summed E-state index contributed by atoms with van der Waals surface area (Å²) in [4.78, 5) is 12.8. The minimum absolute atomic E-state index is 0.133. The summed E-state index contributed by atoms with van der Waals surface area (Å²) in [5.41, 5.74) is 5.00. The van der Waals surface area contributed by atoms with Gasteiger partial charge in [0.2, 0.25) is 10.0 Å². The van der Waals surface area contributed by atoms with Gasteiger partial charge < -0.3 is 9.47 Å². The molecule has 0 spiro atoms. The van der Waals surface area contributed by atoms with Crippen molar-refractivity contribution in [2.24, 2.45) is 5.10 Å². The van der Waals surface area contributed by atoms with E-state index in [4.69, 9.17) is 9.47 Å². The van der Waals surface area contributed by atoms with Gasteiger partial charge in [-0.2, -0.15) is 9.41 Å². The van der Waals surface area contributed by atoms with Crippen molar-refractivity contribution in [1.29, 1.82) is 0 Å². The number of nitrogens with zero attached hydrogens (tertiary/aromatic N) is 2. The van der Waals surface area contributed by atoms with Gasteiger partial charge in [0.15, 0.2) is 11.5 Å². The number of carbonyl (C=O) groups is 1. The van der Waals surface area contributed by atoms with Gasteiger partial charge in [0.25, 0.3) is 5.91 Å². The van der Waals surface area contributed by atoms with Gasteiger partial charge in [-0.3, -0.25) is 4.79 Å². The van der Waals surface area contributed by atoms with Crippen LogP contribution in [0.3, 0.4) is 0 Å². The molecule has 0 heterocycles. The minimum atomic E-state index is -3.90. The number of methoxy groups -OCH3 is 1. The van der Waals surface area contributed by atoms with E-state index in [0.717, 1.165) is 11.1 Å². The molecule has 9 heteroatoms. The van der Waals surface area contributed by atoms with Crippen LogP contribution in [-0.2, 0) is 21.2 Å². The second kappa shape index (κ2) is 13.4. The second-order valence-electron chi connectivity index (χ2n) is 8.19. The van der Waals surface area contributed by atoms with Crippen LogP contribution in [0.2, 0.25) is 0 Å². The zero-order valence-electron chi connectivity index (χ0n) is 21.0. The molecule has 0 aliphatic rings. The summed E-state index contributed by atoms with van der Waals surface area (Å²) in [6.07, 6.45) is 3.54. The molecule has 0 aliphatic heterocycles. The van der Waals surface area contributed by atoms with Crippen LogP contribution in [0.5, 0.6) is 11.5 Å². The first-order valence-corrected chi connectivity index (χ1v) is 13.1. The summed E-state index contributed by atoms with van der Waals surface area (Å²) < 4.78 is 38.7. The number of hydrogen-bond donors (Lipinski definition) is 1. The molecule has 0 bridgehead atoms. The monoisotopic (exact) mass is 521 g/mol. The molecule has 37 heavy (non-hydrogen) atoms. The fourth-order valence-electron chi connectivity index (χ4n) is 3.45. The average molecular weight is 522 g/mol. The summed E-state index contributed by atoms with van der Waals surface area (Å²) >= 11 is 0. The van der Waals surface area contributed by atoms with Crippen LogP contribution in [0.4, 0.5) is 0 Å². The molecule has 0 fully saturated rings. The fourth-order valence-corrected chi connectivity index (χ4v) is 4.85. The first kappa shape index (κ1) is 27.6. The summed E-state index contributed by atoms with van der Waals surface area (Å²) in [6, 6.07) is 21.3. The third kappa shape index (κ3) is 8.03. The van der Waals surface area contributed by atoms with Gasteiger partial charge in [-0.25, -0.2) is 13.8 Å². The lowest BCUT2D eigenvalue weighted by atomic mass is 10.1. The van der Waals surface area contributed by atoms with Gasteiger partial charge in [-0.15, -0.1) is 0 Å². The van der Waals surface area contributed by atoms with Crippen molar-refractivity contribution in [3.05, 3.63) is 102 Å².